The fourth-order valence-corrected chi connectivity index (χ4v) is 2.83. The maximum atomic E-state index is 12.2. The first kappa shape index (κ1) is 16.8. The van der Waals surface area contributed by atoms with Crippen molar-refractivity contribution in [3.05, 3.63) is 34.9 Å². The summed E-state index contributed by atoms with van der Waals surface area (Å²) in [6, 6.07) is 7.12. The molecule has 0 bridgehead atoms. The number of carbonyl (C=O) groups excluding carboxylic acids is 2. The Bertz CT molecular complexity index is 558. The number of hydrogen-bond acceptors (Lipinski definition) is 2. The number of nitrogens with one attached hydrogen (secondary N) is 1. The zero-order valence-electron chi connectivity index (χ0n) is 13.4. The average Bonchev–Trinajstić information content (AvgIpc) is 2.46. The molecule has 0 atom stereocenters. The van der Waals surface area contributed by atoms with E-state index < -0.39 is 0 Å². The first-order chi connectivity index (χ1) is 10.3. The third-order valence-corrected chi connectivity index (χ3v) is 4.21. The Balaban J connectivity index is 1.89. The molecule has 0 aromatic heterocycles. The molecule has 2 rings (SSSR count). The zero-order chi connectivity index (χ0) is 16.3. The van der Waals surface area contributed by atoms with E-state index in [0.717, 1.165) is 12.8 Å². The van der Waals surface area contributed by atoms with Crippen LogP contribution in [-0.2, 0) is 4.79 Å². The Morgan fingerprint density at radius 1 is 1.18 bits per heavy atom. The number of halogens is 1. The second-order valence-electron chi connectivity index (χ2n) is 6.77. The molecule has 1 aromatic carbocycles. The number of amides is 2. The lowest BCUT2D eigenvalue weighted by Gasteiger charge is -2.36. The molecule has 1 fully saturated rings. The summed E-state index contributed by atoms with van der Waals surface area (Å²) < 4.78 is 0. The highest BCUT2D eigenvalue weighted by Gasteiger charge is 2.30. The Labute approximate surface area is 136 Å². The van der Waals surface area contributed by atoms with Gasteiger partial charge in [-0.2, -0.15) is 0 Å². The number of hydrogen-bond donors (Lipinski definition) is 1. The van der Waals surface area contributed by atoms with Crippen LogP contribution < -0.4 is 5.32 Å². The molecule has 0 aliphatic carbocycles. The fraction of sp³-hybridized carbons (Fsp3) is 0.529. The van der Waals surface area contributed by atoms with Crippen molar-refractivity contribution >= 4 is 23.4 Å². The summed E-state index contributed by atoms with van der Waals surface area (Å²) in [4.78, 5) is 26.4. The van der Waals surface area contributed by atoms with E-state index in [2.05, 4.69) is 5.32 Å². The van der Waals surface area contributed by atoms with Crippen LogP contribution in [0.2, 0.25) is 5.02 Å². The summed E-state index contributed by atoms with van der Waals surface area (Å²) in [6.07, 6.45) is 1.55. The number of nitrogens with zero attached hydrogens (tertiary/aromatic N) is 1. The molecule has 5 heteroatoms. The standard InChI is InChI=1S/C17H23ClN2O2/c1-17(2,3)16(22)20-10-8-12(9-11-20)19-15(21)13-6-4-5-7-14(13)18/h4-7,12H,8-11H2,1-3H3,(H,19,21). The summed E-state index contributed by atoms with van der Waals surface area (Å²) in [5.74, 6) is 0.0228. The van der Waals surface area contributed by atoms with Crippen LogP contribution in [0, 0.1) is 5.41 Å². The van der Waals surface area contributed by atoms with Crippen LogP contribution in [0.1, 0.15) is 44.0 Å². The minimum Gasteiger partial charge on any atom is -0.349 e. The highest BCUT2D eigenvalue weighted by atomic mass is 35.5. The highest BCUT2D eigenvalue weighted by molar-refractivity contribution is 6.33. The number of benzene rings is 1. The van der Waals surface area contributed by atoms with Crippen molar-refractivity contribution < 1.29 is 9.59 Å². The molecule has 22 heavy (non-hydrogen) atoms. The lowest BCUT2D eigenvalue weighted by atomic mass is 9.93. The third kappa shape index (κ3) is 4.01. The van der Waals surface area contributed by atoms with Gasteiger partial charge < -0.3 is 10.2 Å². The lowest BCUT2D eigenvalue weighted by molar-refractivity contribution is -0.140. The number of rotatable bonds is 2. The average molecular weight is 323 g/mol. The monoisotopic (exact) mass is 322 g/mol. The Hall–Kier alpha value is -1.55. The van der Waals surface area contributed by atoms with Gasteiger partial charge in [0.1, 0.15) is 0 Å². The van der Waals surface area contributed by atoms with E-state index in [1.807, 2.05) is 25.7 Å². The van der Waals surface area contributed by atoms with E-state index in [-0.39, 0.29) is 23.3 Å². The molecule has 1 heterocycles. The molecular formula is C17H23ClN2O2. The SMILES string of the molecule is CC(C)(C)C(=O)N1CCC(NC(=O)c2ccccc2Cl)CC1. The van der Waals surface area contributed by atoms with E-state index in [1.54, 1.807) is 24.3 Å². The summed E-state index contributed by atoms with van der Waals surface area (Å²) in [7, 11) is 0. The number of carbonyl (C=O) groups is 2. The van der Waals surface area contributed by atoms with Gasteiger partial charge in [-0.05, 0) is 25.0 Å². The summed E-state index contributed by atoms with van der Waals surface area (Å²) in [5.41, 5.74) is 0.144. The maximum Gasteiger partial charge on any atom is 0.253 e. The van der Waals surface area contributed by atoms with E-state index >= 15 is 0 Å². The predicted molar refractivity (Wildman–Crippen MR) is 88.0 cm³/mol. The van der Waals surface area contributed by atoms with Crippen molar-refractivity contribution in [2.75, 3.05) is 13.1 Å². The summed E-state index contributed by atoms with van der Waals surface area (Å²) in [6.45, 7) is 7.16. The van der Waals surface area contributed by atoms with Gasteiger partial charge in [-0.15, -0.1) is 0 Å². The van der Waals surface area contributed by atoms with Crippen LogP contribution in [-0.4, -0.2) is 35.8 Å². The topological polar surface area (TPSA) is 49.4 Å². The van der Waals surface area contributed by atoms with Crippen LogP contribution in [0.15, 0.2) is 24.3 Å². The molecular weight excluding hydrogens is 300 g/mol. The minimum absolute atomic E-state index is 0.0905. The normalized spacial score (nSPS) is 16.5. The van der Waals surface area contributed by atoms with E-state index in [0.29, 0.717) is 23.7 Å². The molecule has 0 spiro atoms. The molecule has 1 saturated heterocycles. The Kier molecular flexibility index (Phi) is 5.12. The fourth-order valence-electron chi connectivity index (χ4n) is 2.61. The van der Waals surface area contributed by atoms with E-state index in [9.17, 15) is 9.59 Å². The predicted octanol–water partition coefficient (Wildman–Crippen LogP) is 3.11. The van der Waals surface area contributed by atoms with Crippen LogP contribution in [0.25, 0.3) is 0 Å². The van der Waals surface area contributed by atoms with Crippen LogP contribution in [0.5, 0.6) is 0 Å². The van der Waals surface area contributed by atoms with Crippen molar-refractivity contribution in [1.29, 1.82) is 0 Å². The third-order valence-electron chi connectivity index (χ3n) is 3.88. The van der Waals surface area contributed by atoms with Crippen molar-refractivity contribution in [1.82, 2.24) is 10.2 Å². The first-order valence-electron chi connectivity index (χ1n) is 7.64. The smallest absolute Gasteiger partial charge is 0.253 e. The molecule has 1 aromatic rings. The molecule has 4 nitrogen and oxygen atoms in total. The zero-order valence-corrected chi connectivity index (χ0v) is 14.1. The first-order valence-corrected chi connectivity index (χ1v) is 8.01. The Morgan fingerprint density at radius 2 is 1.77 bits per heavy atom. The van der Waals surface area contributed by atoms with Gasteiger partial charge in [0.05, 0.1) is 10.6 Å². The van der Waals surface area contributed by atoms with Gasteiger partial charge in [0.25, 0.3) is 5.91 Å². The van der Waals surface area contributed by atoms with Crippen molar-refractivity contribution in [2.45, 2.75) is 39.7 Å². The van der Waals surface area contributed by atoms with Gasteiger partial charge in [0.2, 0.25) is 5.91 Å². The van der Waals surface area contributed by atoms with Crippen LogP contribution in [0.3, 0.4) is 0 Å². The Morgan fingerprint density at radius 3 is 2.32 bits per heavy atom. The quantitative estimate of drug-likeness (QED) is 0.909. The van der Waals surface area contributed by atoms with E-state index in [1.165, 1.54) is 0 Å². The molecule has 0 radical (unpaired) electrons. The van der Waals surface area contributed by atoms with Gasteiger partial charge in [-0.25, -0.2) is 0 Å². The highest BCUT2D eigenvalue weighted by Crippen LogP contribution is 2.21. The molecule has 2 amide bonds. The largest absolute Gasteiger partial charge is 0.349 e. The molecule has 1 aliphatic heterocycles. The van der Waals surface area contributed by atoms with Gasteiger partial charge in [-0.3, -0.25) is 9.59 Å². The molecule has 0 saturated carbocycles. The van der Waals surface area contributed by atoms with Crippen LogP contribution >= 0.6 is 11.6 Å². The number of piperidine rings is 1. The van der Waals surface area contributed by atoms with Crippen LogP contribution in [0.4, 0.5) is 0 Å². The second kappa shape index (κ2) is 6.69. The van der Waals surface area contributed by atoms with Crippen molar-refractivity contribution in [2.24, 2.45) is 5.41 Å². The van der Waals surface area contributed by atoms with Gasteiger partial charge in [0.15, 0.2) is 0 Å². The summed E-state index contributed by atoms with van der Waals surface area (Å²) in [5, 5.41) is 3.47. The lowest BCUT2D eigenvalue weighted by Crippen LogP contribution is -2.49. The van der Waals surface area contributed by atoms with Crippen molar-refractivity contribution in [3.8, 4) is 0 Å². The van der Waals surface area contributed by atoms with Gasteiger partial charge in [0, 0.05) is 24.5 Å². The summed E-state index contributed by atoms with van der Waals surface area (Å²) >= 11 is 6.04. The molecule has 1 N–H and O–H groups in total. The molecule has 0 unspecified atom stereocenters. The van der Waals surface area contributed by atoms with Gasteiger partial charge >= 0.3 is 0 Å². The molecule has 120 valence electrons. The molecule has 1 aliphatic rings. The van der Waals surface area contributed by atoms with Crippen molar-refractivity contribution in [3.63, 3.8) is 0 Å². The second-order valence-corrected chi connectivity index (χ2v) is 7.18. The maximum absolute atomic E-state index is 12.2. The van der Waals surface area contributed by atoms with E-state index in [4.69, 9.17) is 11.6 Å². The number of likely N-dealkylation sites (tertiary alicyclic amines) is 1. The minimum atomic E-state index is -0.354. The van der Waals surface area contributed by atoms with Gasteiger partial charge in [-0.1, -0.05) is 44.5 Å².